The molecule has 6 nitrogen and oxygen atoms in total. The summed E-state index contributed by atoms with van der Waals surface area (Å²) in [6.45, 7) is -0.107. The maximum Gasteiger partial charge on any atom is 0.243 e. The fourth-order valence-corrected chi connectivity index (χ4v) is 5.02. The Morgan fingerprint density at radius 1 is 0.970 bits per heavy atom. The van der Waals surface area contributed by atoms with Gasteiger partial charge in [0.1, 0.15) is 16.5 Å². The highest BCUT2D eigenvalue weighted by molar-refractivity contribution is 7.89. The van der Waals surface area contributed by atoms with Crippen molar-refractivity contribution in [3.05, 3.63) is 89.6 Å². The van der Waals surface area contributed by atoms with Crippen molar-refractivity contribution in [2.45, 2.75) is 10.8 Å². The van der Waals surface area contributed by atoms with E-state index >= 15 is 0 Å². The van der Waals surface area contributed by atoms with Crippen LogP contribution < -0.4 is 14.2 Å². The number of H-pyrrole nitrogens is 1. The SMILES string of the molecule is COc1cccc([C@H](CNS(=O)(=O)c2ccc(F)cc2F)c2c[nH]c3ccccc23)c1OC. The van der Waals surface area contributed by atoms with E-state index < -0.39 is 32.5 Å². The Kier molecular flexibility index (Phi) is 6.35. The van der Waals surface area contributed by atoms with E-state index in [0.717, 1.165) is 28.6 Å². The molecule has 0 fully saturated rings. The van der Waals surface area contributed by atoms with Crippen LogP contribution in [0.4, 0.5) is 8.78 Å². The normalized spacial score (nSPS) is 12.6. The van der Waals surface area contributed by atoms with E-state index in [1.165, 1.54) is 14.2 Å². The minimum atomic E-state index is -4.26. The van der Waals surface area contributed by atoms with E-state index in [0.29, 0.717) is 23.1 Å². The monoisotopic (exact) mass is 472 g/mol. The Bertz CT molecular complexity index is 1400. The number of halogens is 2. The molecular formula is C24H22F2N2O4S. The fraction of sp³-hybridized carbons (Fsp3) is 0.167. The van der Waals surface area contributed by atoms with Gasteiger partial charge in [-0.25, -0.2) is 21.9 Å². The maximum atomic E-state index is 14.2. The van der Waals surface area contributed by atoms with E-state index in [2.05, 4.69) is 9.71 Å². The first-order valence-corrected chi connectivity index (χ1v) is 11.6. The molecule has 4 rings (SSSR count). The third kappa shape index (κ3) is 4.42. The van der Waals surface area contributed by atoms with Crippen LogP contribution in [0.3, 0.4) is 0 Å². The van der Waals surface area contributed by atoms with Crippen molar-refractivity contribution in [3.8, 4) is 11.5 Å². The lowest BCUT2D eigenvalue weighted by Gasteiger charge is -2.22. The summed E-state index contributed by atoms with van der Waals surface area (Å²) in [7, 11) is -1.24. The Morgan fingerprint density at radius 2 is 1.76 bits per heavy atom. The Morgan fingerprint density at radius 3 is 2.48 bits per heavy atom. The van der Waals surface area contributed by atoms with Gasteiger partial charge in [-0.2, -0.15) is 0 Å². The minimum absolute atomic E-state index is 0.107. The number of aromatic amines is 1. The van der Waals surface area contributed by atoms with E-state index in [1.807, 2.05) is 30.3 Å². The second-order valence-corrected chi connectivity index (χ2v) is 9.09. The molecule has 0 amide bonds. The van der Waals surface area contributed by atoms with Crippen molar-refractivity contribution in [1.29, 1.82) is 0 Å². The van der Waals surface area contributed by atoms with Crippen LogP contribution in [0.25, 0.3) is 10.9 Å². The predicted octanol–water partition coefficient (Wildman–Crippen LogP) is 4.57. The molecule has 0 radical (unpaired) electrons. The largest absolute Gasteiger partial charge is 0.493 e. The molecule has 0 aliphatic rings. The molecule has 4 aromatic rings. The number of nitrogens with one attached hydrogen (secondary N) is 2. The first kappa shape index (κ1) is 22.8. The Hall–Kier alpha value is -3.43. The third-order valence-electron chi connectivity index (χ3n) is 5.47. The summed E-state index contributed by atoms with van der Waals surface area (Å²) in [6, 6.07) is 15.3. The lowest BCUT2D eigenvalue weighted by molar-refractivity contribution is 0.350. The second kappa shape index (κ2) is 9.21. The van der Waals surface area contributed by atoms with Crippen molar-refractivity contribution < 1.29 is 26.7 Å². The number of benzene rings is 3. The average molecular weight is 473 g/mol. The number of rotatable bonds is 8. The molecule has 1 atom stereocenters. The van der Waals surface area contributed by atoms with Crippen molar-refractivity contribution >= 4 is 20.9 Å². The zero-order chi connectivity index (χ0) is 23.6. The van der Waals surface area contributed by atoms with Gasteiger partial charge >= 0.3 is 0 Å². The zero-order valence-corrected chi connectivity index (χ0v) is 18.7. The molecule has 33 heavy (non-hydrogen) atoms. The summed E-state index contributed by atoms with van der Waals surface area (Å²) in [5.41, 5.74) is 2.38. The number of ether oxygens (including phenoxy) is 2. The van der Waals surface area contributed by atoms with E-state index in [9.17, 15) is 17.2 Å². The van der Waals surface area contributed by atoms with E-state index in [-0.39, 0.29) is 6.54 Å². The lowest BCUT2D eigenvalue weighted by Crippen LogP contribution is -2.30. The van der Waals surface area contributed by atoms with Crippen LogP contribution >= 0.6 is 0 Å². The number of aromatic nitrogens is 1. The molecule has 3 aromatic carbocycles. The summed E-state index contributed by atoms with van der Waals surface area (Å²) >= 11 is 0. The molecule has 0 spiro atoms. The molecule has 1 aromatic heterocycles. The smallest absolute Gasteiger partial charge is 0.243 e. The molecule has 0 unspecified atom stereocenters. The Balaban J connectivity index is 1.79. The summed E-state index contributed by atoms with van der Waals surface area (Å²) in [5.74, 6) is -1.58. The van der Waals surface area contributed by atoms with Crippen molar-refractivity contribution in [3.63, 3.8) is 0 Å². The number of fused-ring (bicyclic) bond motifs is 1. The van der Waals surface area contributed by atoms with Gasteiger partial charge in [0.2, 0.25) is 10.0 Å². The van der Waals surface area contributed by atoms with Crippen LogP contribution in [0, 0.1) is 11.6 Å². The number of methoxy groups -OCH3 is 2. The van der Waals surface area contributed by atoms with Gasteiger partial charge in [-0.1, -0.05) is 30.3 Å². The first-order valence-electron chi connectivity index (χ1n) is 10.1. The van der Waals surface area contributed by atoms with Crippen molar-refractivity contribution in [1.82, 2.24) is 9.71 Å². The summed E-state index contributed by atoms with van der Waals surface area (Å²) < 4.78 is 66.7. The van der Waals surface area contributed by atoms with Gasteiger partial charge < -0.3 is 14.5 Å². The van der Waals surface area contributed by atoms with Crippen LogP contribution in [-0.2, 0) is 10.0 Å². The van der Waals surface area contributed by atoms with Gasteiger partial charge in [-0.15, -0.1) is 0 Å². The lowest BCUT2D eigenvalue weighted by atomic mass is 9.90. The molecule has 0 aliphatic carbocycles. The average Bonchev–Trinajstić information content (AvgIpc) is 3.22. The van der Waals surface area contributed by atoms with Gasteiger partial charge in [0.05, 0.1) is 14.2 Å². The molecule has 0 aliphatic heterocycles. The molecule has 0 saturated carbocycles. The first-order chi connectivity index (χ1) is 15.9. The number of hydrogen-bond donors (Lipinski definition) is 2. The van der Waals surface area contributed by atoms with Crippen LogP contribution in [0.5, 0.6) is 11.5 Å². The van der Waals surface area contributed by atoms with Crippen molar-refractivity contribution in [2.24, 2.45) is 0 Å². The molecule has 172 valence electrons. The summed E-state index contributed by atoms with van der Waals surface area (Å²) in [5, 5.41) is 0.902. The van der Waals surface area contributed by atoms with Gasteiger partial charge in [0, 0.05) is 41.2 Å². The van der Waals surface area contributed by atoms with Gasteiger partial charge in [-0.3, -0.25) is 0 Å². The van der Waals surface area contributed by atoms with Crippen LogP contribution in [0.15, 0.2) is 71.8 Å². The minimum Gasteiger partial charge on any atom is -0.493 e. The Labute approximate surface area is 190 Å². The molecule has 0 bridgehead atoms. The highest BCUT2D eigenvalue weighted by Gasteiger charge is 2.27. The van der Waals surface area contributed by atoms with Crippen LogP contribution in [0.2, 0.25) is 0 Å². The standard InChI is InChI=1S/C24H22F2N2O4S/c1-31-22-9-5-7-17(24(22)32-2)19(18-13-27-21-8-4-3-6-16(18)21)14-28-33(29,30)23-11-10-15(25)12-20(23)26/h3-13,19,27-28H,14H2,1-2H3/t19-/m0/s1. The summed E-state index contributed by atoms with van der Waals surface area (Å²) in [4.78, 5) is 2.57. The zero-order valence-electron chi connectivity index (χ0n) is 17.9. The predicted molar refractivity (Wildman–Crippen MR) is 121 cm³/mol. The number of hydrogen-bond acceptors (Lipinski definition) is 4. The van der Waals surface area contributed by atoms with Crippen LogP contribution in [0.1, 0.15) is 17.0 Å². The summed E-state index contributed by atoms with van der Waals surface area (Å²) in [6.07, 6.45) is 1.81. The molecule has 1 heterocycles. The highest BCUT2D eigenvalue weighted by atomic mass is 32.2. The maximum absolute atomic E-state index is 14.2. The van der Waals surface area contributed by atoms with Gasteiger partial charge in [-0.05, 0) is 29.8 Å². The third-order valence-corrected chi connectivity index (χ3v) is 6.92. The van der Waals surface area contributed by atoms with E-state index in [4.69, 9.17) is 9.47 Å². The van der Waals surface area contributed by atoms with Crippen molar-refractivity contribution in [2.75, 3.05) is 20.8 Å². The van der Waals surface area contributed by atoms with Gasteiger partial charge in [0.25, 0.3) is 0 Å². The number of para-hydroxylation sites is 2. The molecule has 9 heteroatoms. The molecular weight excluding hydrogens is 450 g/mol. The molecule has 0 saturated heterocycles. The highest BCUT2D eigenvalue weighted by Crippen LogP contribution is 2.40. The number of sulfonamides is 1. The quantitative estimate of drug-likeness (QED) is 0.394. The van der Waals surface area contributed by atoms with Gasteiger partial charge in [0.15, 0.2) is 11.5 Å². The molecule has 2 N–H and O–H groups in total. The van der Waals surface area contributed by atoms with E-state index in [1.54, 1.807) is 18.3 Å². The van der Waals surface area contributed by atoms with Crippen LogP contribution in [-0.4, -0.2) is 34.2 Å². The fourth-order valence-electron chi connectivity index (χ4n) is 3.92. The second-order valence-electron chi connectivity index (χ2n) is 7.35. The topological polar surface area (TPSA) is 80.4 Å².